The number of anilines is 1. The average molecular weight is 279 g/mol. The summed E-state index contributed by atoms with van der Waals surface area (Å²) in [5.74, 6) is 0. The second kappa shape index (κ2) is 6.13. The molecule has 0 unspecified atom stereocenters. The Kier molecular flexibility index (Phi) is 4.05. The van der Waals surface area contributed by atoms with Crippen LogP contribution in [0, 0.1) is 6.92 Å². The molecule has 1 aromatic heterocycles. The Morgan fingerprint density at radius 1 is 1.05 bits per heavy atom. The average Bonchev–Trinajstić information content (AvgIpc) is 3.02. The molecule has 2 aromatic rings. The molecule has 2 nitrogen and oxygen atoms in total. The molecule has 2 heterocycles. The van der Waals surface area contributed by atoms with Crippen molar-refractivity contribution in [2.45, 2.75) is 19.8 Å². The van der Waals surface area contributed by atoms with E-state index >= 15 is 0 Å². The fraction of sp³-hybridized carbons (Fsp3) is 0.316. The van der Waals surface area contributed by atoms with Crippen LogP contribution in [0.25, 0.3) is 12.2 Å². The molecule has 0 radical (unpaired) electrons. The van der Waals surface area contributed by atoms with Crippen LogP contribution in [-0.2, 0) is 7.05 Å². The van der Waals surface area contributed by atoms with Gasteiger partial charge in [0.1, 0.15) is 7.05 Å². The van der Waals surface area contributed by atoms with Crippen LogP contribution in [0.2, 0.25) is 0 Å². The summed E-state index contributed by atoms with van der Waals surface area (Å²) in [5, 5.41) is 0. The molecule has 0 atom stereocenters. The number of pyridine rings is 1. The molecule has 0 amide bonds. The van der Waals surface area contributed by atoms with E-state index in [-0.39, 0.29) is 0 Å². The molecular formula is C19H23N2+. The van der Waals surface area contributed by atoms with Gasteiger partial charge in [0, 0.05) is 37.0 Å². The SMILES string of the molecule is Cc1cc(N2CCCC2)ccc1/C=C/c1cccc[n+]1C. The molecule has 2 heteroatoms. The van der Waals surface area contributed by atoms with Gasteiger partial charge in [-0.1, -0.05) is 6.07 Å². The minimum absolute atomic E-state index is 1.20. The third kappa shape index (κ3) is 3.15. The Morgan fingerprint density at radius 2 is 1.86 bits per heavy atom. The Labute approximate surface area is 127 Å². The number of hydrogen-bond acceptors (Lipinski definition) is 1. The minimum atomic E-state index is 1.20. The first-order valence-electron chi connectivity index (χ1n) is 7.72. The lowest BCUT2D eigenvalue weighted by Gasteiger charge is -2.18. The first-order chi connectivity index (χ1) is 10.2. The first kappa shape index (κ1) is 13.9. The van der Waals surface area contributed by atoms with E-state index in [1.165, 1.54) is 48.4 Å². The highest BCUT2D eigenvalue weighted by Crippen LogP contribution is 2.23. The minimum Gasteiger partial charge on any atom is -0.372 e. The van der Waals surface area contributed by atoms with Gasteiger partial charge in [-0.3, -0.25) is 0 Å². The predicted octanol–water partition coefficient (Wildman–Crippen LogP) is 3.59. The summed E-state index contributed by atoms with van der Waals surface area (Å²) in [6.07, 6.45) is 9.11. The zero-order valence-corrected chi connectivity index (χ0v) is 12.9. The first-order valence-corrected chi connectivity index (χ1v) is 7.72. The van der Waals surface area contributed by atoms with Crippen molar-refractivity contribution in [1.29, 1.82) is 0 Å². The van der Waals surface area contributed by atoms with Gasteiger partial charge < -0.3 is 4.90 Å². The van der Waals surface area contributed by atoms with Gasteiger partial charge in [0.25, 0.3) is 0 Å². The van der Waals surface area contributed by atoms with Crippen molar-refractivity contribution >= 4 is 17.8 Å². The lowest BCUT2D eigenvalue weighted by molar-refractivity contribution is -0.673. The van der Waals surface area contributed by atoms with Crippen LogP contribution in [0.5, 0.6) is 0 Å². The van der Waals surface area contributed by atoms with Crippen LogP contribution in [0.1, 0.15) is 29.7 Å². The van der Waals surface area contributed by atoms with Crippen molar-refractivity contribution < 1.29 is 4.57 Å². The van der Waals surface area contributed by atoms with E-state index in [9.17, 15) is 0 Å². The molecule has 0 N–H and O–H groups in total. The summed E-state index contributed by atoms with van der Waals surface area (Å²) in [7, 11) is 2.07. The lowest BCUT2D eigenvalue weighted by atomic mass is 10.1. The molecule has 0 saturated carbocycles. The predicted molar refractivity (Wildman–Crippen MR) is 89.2 cm³/mol. The van der Waals surface area contributed by atoms with Crippen LogP contribution < -0.4 is 9.47 Å². The van der Waals surface area contributed by atoms with Crippen LogP contribution in [0.3, 0.4) is 0 Å². The fourth-order valence-corrected chi connectivity index (χ4v) is 2.90. The number of aryl methyl sites for hydroxylation is 2. The van der Waals surface area contributed by atoms with E-state index in [4.69, 9.17) is 0 Å². The van der Waals surface area contributed by atoms with Crippen LogP contribution in [-0.4, -0.2) is 13.1 Å². The summed E-state index contributed by atoms with van der Waals surface area (Å²) in [5.41, 5.74) is 5.21. The molecule has 0 spiro atoms. The molecule has 1 aliphatic heterocycles. The summed E-state index contributed by atoms with van der Waals surface area (Å²) in [6, 6.07) is 13.1. The molecule has 21 heavy (non-hydrogen) atoms. The largest absolute Gasteiger partial charge is 0.372 e. The van der Waals surface area contributed by atoms with Crippen LogP contribution in [0.4, 0.5) is 5.69 Å². The van der Waals surface area contributed by atoms with Crippen molar-refractivity contribution in [3.05, 3.63) is 59.4 Å². The van der Waals surface area contributed by atoms with Gasteiger partial charge in [-0.25, -0.2) is 4.57 Å². The van der Waals surface area contributed by atoms with E-state index in [1.807, 2.05) is 6.07 Å². The second-order valence-electron chi connectivity index (χ2n) is 5.80. The smallest absolute Gasteiger partial charge is 0.204 e. The number of aromatic nitrogens is 1. The molecule has 1 saturated heterocycles. The summed E-state index contributed by atoms with van der Waals surface area (Å²) < 4.78 is 2.13. The third-order valence-corrected chi connectivity index (χ3v) is 4.25. The quantitative estimate of drug-likeness (QED) is 0.779. The molecule has 1 aliphatic rings. The van der Waals surface area contributed by atoms with E-state index in [0.29, 0.717) is 0 Å². The van der Waals surface area contributed by atoms with Crippen molar-refractivity contribution in [2.75, 3.05) is 18.0 Å². The normalized spacial score (nSPS) is 15.0. The van der Waals surface area contributed by atoms with Gasteiger partial charge in [-0.05, 0) is 55.2 Å². The maximum Gasteiger partial charge on any atom is 0.204 e. The highest BCUT2D eigenvalue weighted by atomic mass is 15.1. The molecule has 0 bridgehead atoms. The monoisotopic (exact) mass is 279 g/mol. The highest BCUT2D eigenvalue weighted by Gasteiger charge is 2.12. The fourth-order valence-electron chi connectivity index (χ4n) is 2.90. The maximum absolute atomic E-state index is 2.48. The van der Waals surface area contributed by atoms with Crippen molar-refractivity contribution in [2.24, 2.45) is 7.05 Å². The Balaban J connectivity index is 1.81. The van der Waals surface area contributed by atoms with Crippen LogP contribution >= 0.6 is 0 Å². The van der Waals surface area contributed by atoms with Gasteiger partial charge in [0.05, 0.1) is 0 Å². The van der Waals surface area contributed by atoms with Gasteiger partial charge in [0.2, 0.25) is 5.69 Å². The van der Waals surface area contributed by atoms with Crippen LogP contribution in [0.15, 0.2) is 42.6 Å². The second-order valence-corrected chi connectivity index (χ2v) is 5.80. The van der Waals surface area contributed by atoms with Crippen molar-refractivity contribution in [1.82, 2.24) is 0 Å². The topological polar surface area (TPSA) is 7.12 Å². The van der Waals surface area contributed by atoms with Gasteiger partial charge in [0.15, 0.2) is 6.20 Å². The summed E-state index contributed by atoms with van der Waals surface area (Å²) in [4.78, 5) is 2.48. The molecule has 0 aliphatic carbocycles. The maximum atomic E-state index is 2.48. The Hall–Kier alpha value is -2.09. The molecular weight excluding hydrogens is 256 g/mol. The van der Waals surface area contributed by atoms with Gasteiger partial charge in [-0.2, -0.15) is 0 Å². The van der Waals surface area contributed by atoms with E-state index in [0.717, 1.165) is 0 Å². The molecule has 1 aromatic carbocycles. The Bertz CT molecular complexity index is 652. The number of nitrogens with zero attached hydrogens (tertiary/aromatic N) is 2. The van der Waals surface area contributed by atoms with E-state index < -0.39 is 0 Å². The number of rotatable bonds is 3. The van der Waals surface area contributed by atoms with Gasteiger partial charge >= 0.3 is 0 Å². The Morgan fingerprint density at radius 3 is 2.57 bits per heavy atom. The number of benzene rings is 1. The zero-order valence-electron chi connectivity index (χ0n) is 12.9. The van der Waals surface area contributed by atoms with E-state index in [1.54, 1.807) is 0 Å². The highest BCUT2D eigenvalue weighted by molar-refractivity contribution is 5.70. The zero-order chi connectivity index (χ0) is 14.7. The van der Waals surface area contributed by atoms with E-state index in [2.05, 4.69) is 72.1 Å². The lowest BCUT2D eigenvalue weighted by Crippen LogP contribution is -2.30. The van der Waals surface area contributed by atoms with Crippen molar-refractivity contribution in [3.63, 3.8) is 0 Å². The standard InChI is InChI=1S/C19H23N2/c1-16-15-19(21-13-5-6-14-21)11-9-17(16)8-10-18-7-3-4-12-20(18)2/h3-4,7-12,15H,5-6,13-14H2,1-2H3/q+1. The third-order valence-electron chi connectivity index (χ3n) is 4.25. The molecule has 3 rings (SSSR count). The summed E-state index contributed by atoms with van der Waals surface area (Å²) >= 11 is 0. The van der Waals surface area contributed by atoms with Gasteiger partial charge in [-0.15, -0.1) is 0 Å². The molecule has 1 fully saturated rings. The summed E-state index contributed by atoms with van der Waals surface area (Å²) in [6.45, 7) is 4.60. The van der Waals surface area contributed by atoms with Crippen molar-refractivity contribution in [3.8, 4) is 0 Å². The number of hydrogen-bond donors (Lipinski definition) is 0. The molecule has 108 valence electrons.